The molecule has 69 heavy (non-hydrogen) atoms. The third kappa shape index (κ3) is 7.25. The van der Waals surface area contributed by atoms with Gasteiger partial charge in [0.05, 0.1) is 16.5 Å². The molecule has 0 aliphatic carbocycles. The van der Waals surface area contributed by atoms with Gasteiger partial charge in [-0.2, -0.15) is 0 Å². The molecule has 0 aliphatic heterocycles. The molecule has 3 nitrogen and oxygen atoms in total. The quantitative estimate of drug-likeness (QED) is 0.144. The molecular weight excluding hydrogens is 837 g/mol. The van der Waals surface area contributed by atoms with Crippen LogP contribution < -0.4 is 4.90 Å². The van der Waals surface area contributed by atoms with Crippen molar-refractivity contribution in [1.82, 2.24) is 4.57 Å². The van der Waals surface area contributed by atoms with E-state index in [0.717, 1.165) is 93.9 Å². The molecule has 0 fully saturated rings. The maximum absolute atomic E-state index is 9.94. The van der Waals surface area contributed by atoms with Crippen molar-refractivity contribution >= 4 is 60.8 Å². The van der Waals surface area contributed by atoms with Crippen molar-refractivity contribution < 1.29 is 9.90 Å². The molecule has 2 aromatic heterocycles. The fraction of sp³-hybridized carbons (Fsp3) is 0. The van der Waals surface area contributed by atoms with Crippen LogP contribution >= 0.6 is 0 Å². The predicted octanol–water partition coefficient (Wildman–Crippen LogP) is 18.5. The van der Waals surface area contributed by atoms with E-state index in [1.165, 1.54) is 0 Å². The summed E-state index contributed by atoms with van der Waals surface area (Å²) < 4.78 is 48.4. The van der Waals surface area contributed by atoms with Crippen LogP contribution in [0.2, 0.25) is 0 Å². The first kappa shape index (κ1) is 36.0. The molecule has 324 valence electrons. The first-order valence-electron chi connectivity index (χ1n) is 25.2. The molecule has 0 unspecified atom stereocenters. The van der Waals surface area contributed by atoms with Crippen LogP contribution in [0.4, 0.5) is 17.1 Å². The number of nitrogens with zero attached hydrogens (tertiary/aromatic N) is 2. The Morgan fingerprint density at radius 2 is 0.826 bits per heavy atom. The smallest absolute Gasteiger partial charge is 0.136 e. The van der Waals surface area contributed by atoms with Gasteiger partial charge in [0.2, 0.25) is 0 Å². The molecule has 0 aliphatic rings. The van der Waals surface area contributed by atoms with E-state index >= 15 is 0 Å². The molecular formula is C66H44N2O. The second kappa shape index (κ2) is 16.9. The number of hydrogen-bond donors (Lipinski definition) is 0. The Labute approximate surface area is 406 Å². The van der Waals surface area contributed by atoms with E-state index in [1.807, 2.05) is 126 Å². The number of para-hydroxylation sites is 3. The van der Waals surface area contributed by atoms with Crippen molar-refractivity contribution in [1.29, 1.82) is 0 Å². The zero-order chi connectivity index (χ0) is 49.2. The second-order valence-corrected chi connectivity index (χ2v) is 17.4. The van der Waals surface area contributed by atoms with Crippen LogP contribution in [0.15, 0.2) is 271 Å². The summed E-state index contributed by atoms with van der Waals surface area (Å²) in [6.45, 7) is 0. The summed E-state index contributed by atoms with van der Waals surface area (Å²) in [5.74, 6) is 0. The molecule has 3 heteroatoms. The standard InChI is InChI=1S/C66H44N2O/c1-4-15-45(16-5-1)47-27-34-55(35-28-47)67(56-36-29-48(30-37-56)46-17-6-2-7-18-46)57-38-31-49(32-39-57)51-41-52(50-33-40-60-59-21-11-13-26-64(59)69-65(60)44-50)43-53(42-51)58-23-14-25-63-66(58)61-22-10-12-24-62(61)68(63)54-19-8-3-9-20-54/h1-44H/i31D,32D,38D,39D. The van der Waals surface area contributed by atoms with Gasteiger partial charge >= 0.3 is 0 Å². The van der Waals surface area contributed by atoms with Gasteiger partial charge in [-0.3, -0.25) is 0 Å². The Hall–Kier alpha value is -9.18. The predicted molar refractivity (Wildman–Crippen MR) is 290 cm³/mol. The highest BCUT2D eigenvalue weighted by molar-refractivity contribution is 6.16. The summed E-state index contributed by atoms with van der Waals surface area (Å²) in [4.78, 5) is 1.85. The van der Waals surface area contributed by atoms with Gasteiger partial charge in [-0.1, -0.05) is 170 Å². The van der Waals surface area contributed by atoms with Crippen LogP contribution in [-0.4, -0.2) is 4.57 Å². The number of furan rings is 1. The van der Waals surface area contributed by atoms with E-state index in [2.05, 4.69) is 126 Å². The van der Waals surface area contributed by atoms with Crippen LogP contribution in [0, 0.1) is 0 Å². The first-order valence-corrected chi connectivity index (χ1v) is 23.2. The molecule has 0 bridgehead atoms. The van der Waals surface area contributed by atoms with Gasteiger partial charge < -0.3 is 13.9 Å². The highest BCUT2D eigenvalue weighted by Crippen LogP contribution is 2.43. The molecule has 0 spiro atoms. The number of anilines is 3. The van der Waals surface area contributed by atoms with Crippen molar-refractivity contribution in [2.75, 3.05) is 4.90 Å². The van der Waals surface area contributed by atoms with Crippen LogP contribution in [-0.2, 0) is 0 Å². The van der Waals surface area contributed by atoms with E-state index < -0.39 is 0 Å². The molecule has 0 saturated carbocycles. The minimum atomic E-state index is -0.154. The van der Waals surface area contributed by atoms with E-state index in [-0.39, 0.29) is 35.4 Å². The molecule has 13 aromatic rings. The molecule has 13 rings (SSSR count). The topological polar surface area (TPSA) is 21.3 Å². The Morgan fingerprint density at radius 1 is 0.319 bits per heavy atom. The van der Waals surface area contributed by atoms with Crippen LogP contribution in [0.3, 0.4) is 0 Å². The lowest BCUT2D eigenvalue weighted by molar-refractivity contribution is 0.669. The van der Waals surface area contributed by atoms with Crippen LogP contribution in [0.1, 0.15) is 5.48 Å². The van der Waals surface area contributed by atoms with Gasteiger partial charge in [0.1, 0.15) is 11.2 Å². The van der Waals surface area contributed by atoms with E-state index in [4.69, 9.17) is 4.42 Å². The molecule has 11 aromatic carbocycles. The minimum absolute atomic E-state index is 0.141. The van der Waals surface area contributed by atoms with Crippen molar-refractivity contribution in [2.45, 2.75) is 0 Å². The van der Waals surface area contributed by atoms with Crippen molar-refractivity contribution in [3.8, 4) is 61.3 Å². The summed E-state index contributed by atoms with van der Waals surface area (Å²) in [5, 5.41) is 4.21. The van der Waals surface area contributed by atoms with Gasteiger partial charge in [0.25, 0.3) is 0 Å². The van der Waals surface area contributed by atoms with Crippen LogP contribution in [0.25, 0.3) is 105 Å². The van der Waals surface area contributed by atoms with Crippen molar-refractivity contribution in [3.05, 3.63) is 267 Å². The van der Waals surface area contributed by atoms with Gasteiger partial charge in [-0.05, 0) is 153 Å². The average Bonchev–Trinajstić information content (AvgIpc) is 4.00. The fourth-order valence-electron chi connectivity index (χ4n) is 9.95. The number of aromatic nitrogens is 1. The molecule has 0 saturated heterocycles. The zero-order valence-corrected chi connectivity index (χ0v) is 37.4. The highest BCUT2D eigenvalue weighted by Gasteiger charge is 2.19. The summed E-state index contributed by atoms with van der Waals surface area (Å²) in [5.41, 5.74) is 14.8. The second-order valence-electron chi connectivity index (χ2n) is 17.4. The minimum Gasteiger partial charge on any atom is -0.456 e. The third-order valence-corrected chi connectivity index (χ3v) is 13.3. The summed E-state index contributed by atoms with van der Waals surface area (Å²) >= 11 is 0. The van der Waals surface area contributed by atoms with Gasteiger partial charge in [0.15, 0.2) is 0 Å². The maximum Gasteiger partial charge on any atom is 0.136 e. The van der Waals surface area contributed by atoms with Crippen molar-refractivity contribution in [2.24, 2.45) is 0 Å². The summed E-state index contributed by atoms with van der Waals surface area (Å²) in [6, 6.07) is 81.5. The van der Waals surface area contributed by atoms with Crippen LogP contribution in [0.5, 0.6) is 0 Å². The van der Waals surface area contributed by atoms with E-state index in [0.29, 0.717) is 16.9 Å². The maximum atomic E-state index is 9.94. The van der Waals surface area contributed by atoms with Gasteiger partial charge in [-0.25, -0.2) is 0 Å². The Bertz CT molecular complexity index is 4110. The third-order valence-electron chi connectivity index (χ3n) is 13.3. The number of benzene rings is 11. The normalized spacial score (nSPS) is 12.3. The fourth-order valence-corrected chi connectivity index (χ4v) is 9.95. The lowest BCUT2D eigenvalue weighted by Crippen LogP contribution is -2.09. The number of rotatable bonds is 9. The SMILES string of the molecule is [2H]c1c([2H])c(N(c2ccc(-c3ccccc3)cc2)c2ccc(-c3ccccc3)cc2)c([2H])c([2H])c1-c1cc(-c2ccc3c(c2)oc2ccccc23)cc(-c2cccc3c2c2ccccc2n3-c2ccccc2)c1. The van der Waals surface area contributed by atoms with E-state index in [1.54, 1.807) is 0 Å². The summed E-state index contributed by atoms with van der Waals surface area (Å²) in [6.07, 6.45) is 0. The monoisotopic (exact) mass is 884 g/mol. The lowest BCUT2D eigenvalue weighted by Gasteiger charge is -2.26. The Morgan fingerprint density at radius 3 is 1.49 bits per heavy atom. The number of hydrogen-bond acceptors (Lipinski definition) is 2. The van der Waals surface area contributed by atoms with Crippen molar-refractivity contribution in [3.63, 3.8) is 0 Å². The Balaban J connectivity index is 1.02. The molecule has 2 heterocycles. The molecule has 0 amide bonds. The molecule has 0 N–H and O–H groups in total. The van der Waals surface area contributed by atoms with E-state index in [9.17, 15) is 5.48 Å². The molecule has 0 atom stereocenters. The van der Waals surface area contributed by atoms with Gasteiger partial charge in [0, 0.05) is 44.3 Å². The largest absolute Gasteiger partial charge is 0.456 e. The molecule has 0 radical (unpaired) electrons. The highest BCUT2D eigenvalue weighted by atomic mass is 16.3. The lowest BCUT2D eigenvalue weighted by atomic mass is 9.91. The number of fused-ring (bicyclic) bond motifs is 6. The first-order chi connectivity index (χ1) is 35.9. The zero-order valence-electron chi connectivity index (χ0n) is 41.4. The van der Waals surface area contributed by atoms with Gasteiger partial charge in [-0.15, -0.1) is 0 Å². The Kier molecular flexibility index (Phi) is 8.83. The average molecular weight is 885 g/mol. The summed E-state index contributed by atoms with van der Waals surface area (Å²) in [7, 11) is 0.